The van der Waals surface area contributed by atoms with E-state index < -0.39 is 4.92 Å². The van der Waals surface area contributed by atoms with Gasteiger partial charge in [-0.25, -0.2) is 0 Å². The van der Waals surface area contributed by atoms with Gasteiger partial charge in [-0.15, -0.1) is 6.58 Å². The lowest BCUT2D eigenvalue weighted by atomic mass is 9.86. The Kier molecular flexibility index (Phi) is 4.92. The van der Waals surface area contributed by atoms with Crippen molar-refractivity contribution in [3.63, 3.8) is 0 Å². The molecule has 2 atom stereocenters. The largest absolute Gasteiger partial charge is 0.373 e. The summed E-state index contributed by atoms with van der Waals surface area (Å²) in [5.41, 5.74) is 0.426. The van der Waals surface area contributed by atoms with E-state index in [-0.39, 0.29) is 29.7 Å². The summed E-state index contributed by atoms with van der Waals surface area (Å²) in [6, 6.07) is 6.45. The van der Waals surface area contributed by atoms with Crippen LogP contribution in [0.4, 0.5) is 5.69 Å². The van der Waals surface area contributed by atoms with Crippen LogP contribution < -0.4 is 5.32 Å². The van der Waals surface area contributed by atoms with Gasteiger partial charge in [0.05, 0.1) is 11.0 Å². The molecule has 1 fully saturated rings. The molecule has 1 heterocycles. The fourth-order valence-electron chi connectivity index (χ4n) is 2.68. The van der Waals surface area contributed by atoms with Crippen LogP contribution in [0.15, 0.2) is 36.9 Å². The van der Waals surface area contributed by atoms with E-state index >= 15 is 0 Å². The number of nitrogens with zero attached hydrogens (tertiary/aromatic N) is 1. The molecule has 0 spiro atoms. The smallest absolute Gasteiger partial charge is 0.269 e. The molecule has 6 heteroatoms. The van der Waals surface area contributed by atoms with Gasteiger partial charge >= 0.3 is 0 Å². The molecule has 0 aromatic heterocycles. The molecule has 22 heavy (non-hydrogen) atoms. The Bertz CT molecular complexity index is 587. The van der Waals surface area contributed by atoms with E-state index in [1.54, 1.807) is 12.1 Å². The molecular weight excluding hydrogens is 284 g/mol. The van der Waals surface area contributed by atoms with Gasteiger partial charge in [-0.3, -0.25) is 14.9 Å². The first kappa shape index (κ1) is 16.2. The third-order valence-electron chi connectivity index (χ3n) is 3.83. The summed E-state index contributed by atoms with van der Waals surface area (Å²) in [6.07, 6.45) is 2.87. The van der Waals surface area contributed by atoms with Crippen LogP contribution in [0.25, 0.3) is 0 Å². The minimum Gasteiger partial charge on any atom is -0.373 e. The van der Waals surface area contributed by atoms with Crippen molar-refractivity contribution in [3.05, 3.63) is 52.6 Å². The number of nitro groups is 1. The van der Waals surface area contributed by atoms with E-state index in [1.807, 2.05) is 13.0 Å². The Labute approximate surface area is 129 Å². The number of carbonyl (C=O) groups excluding carboxylic acids is 1. The van der Waals surface area contributed by atoms with Gasteiger partial charge < -0.3 is 10.1 Å². The Hall–Kier alpha value is -2.21. The lowest BCUT2D eigenvalue weighted by molar-refractivity contribution is -0.385. The highest BCUT2D eigenvalue weighted by Crippen LogP contribution is 2.35. The molecular formula is C16H20N2O4. The number of benzene rings is 1. The number of hydrogen-bond acceptors (Lipinski definition) is 4. The van der Waals surface area contributed by atoms with Gasteiger partial charge in [0.1, 0.15) is 0 Å². The van der Waals surface area contributed by atoms with Crippen molar-refractivity contribution in [2.24, 2.45) is 0 Å². The average Bonchev–Trinajstić information content (AvgIpc) is 2.47. The van der Waals surface area contributed by atoms with Gasteiger partial charge in [-0.05, 0) is 18.9 Å². The monoisotopic (exact) mass is 304 g/mol. The third kappa shape index (κ3) is 3.92. The van der Waals surface area contributed by atoms with E-state index in [9.17, 15) is 14.9 Å². The molecule has 6 nitrogen and oxygen atoms in total. The third-order valence-corrected chi connectivity index (χ3v) is 3.83. The number of non-ortho nitro benzene ring substituents is 1. The number of hydrogen-bond donors (Lipinski definition) is 1. The van der Waals surface area contributed by atoms with Gasteiger partial charge in [-0.2, -0.15) is 0 Å². The number of amides is 1. The molecule has 1 aliphatic heterocycles. The molecule has 1 aromatic carbocycles. The summed E-state index contributed by atoms with van der Waals surface area (Å²) in [5, 5.41) is 13.9. The first-order valence-corrected chi connectivity index (χ1v) is 7.21. The van der Waals surface area contributed by atoms with Crippen molar-refractivity contribution in [2.45, 2.75) is 37.8 Å². The highest BCUT2D eigenvalue weighted by atomic mass is 16.6. The molecule has 0 bridgehead atoms. The highest BCUT2D eigenvalue weighted by Gasteiger charge is 2.35. The summed E-state index contributed by atoms with van der Waals surface area (Å²) in [7, 11) is 0. The minimum absolute atomic E-state index is 0.0454. The van der Waals surface area contributed by atoms with Crippen molar-refractivity contribution in [1.82, 2.24) is 5.32 Å². The summed E-state index contributed by atoms with van der Waals surface area (Å²) in [6.45, 7) is 6.03. The number of nitrogens with one attached hydrogen (secondary N) is 1. The summed E-state index contributed by atoms with van der Waals surface area (Å²) >= 11 is 0. The Morgan fingerprint density at radius 3 is 3.09 bits per heavy atom. The van der Waals surface area contributed by atoms with E-state index in [0.29, 0.717) is 19.4 Å². The maximum atomic E-state index is 11.8. The van der Waals surface area contributed by atoms with Crippen LogP contribution in [-0.4, -0.2) is 23.0 Å². The second kappa shape index (κ2) is 6.70. The molecule has 2 rings (SSSR count). The maximum absolute atomic E-state index is 11.8. The average molecular weight is 304 g/mol. The lowest BCUT2D eigenvalue weighted by Crippen LogP contribution is -2.50. The Morgan fingerprint density at radius 2 is 2.41 bits per heavy atom. The van der Waals surface area contributed by atoms with Crippen LogP contribution in [0.2, 0.25) is 0 Å². The SMILES string of the molecule is C=CCC(=O)N[C@]1(C)CCO[C@@H](c2cccc([N+](=O)[O-])c2)C1. The molecule has 1 aliphatic rings. The highest BCUT2D eigenvalue weighted by molar-refractivity contribution is 5.78. The van der Waals surface area contributed by atoms with Crippen molar-refractivity contribution in [2.75, 3.05) is 6.61 Å². The predicted molar refractivity (Wildman–Crippen MR) is 82.4 cm³/mol. The molecule has 1 saturated heterocycles. The van der Waals surface area contributed by atoms with Crippen LogP contribution in [0.1, 0.15) is 37.9 Å². The van der Waals surface area contributed by atoms with Crippen LogP contribution >= 0.6 is 0 Å². The molecule has 0 radical (unpaired) electrons. The first-order chi connectivity index (χ1) is 10.4. The van der Waals surface area contributed by atoms with Crippen molar-refractivity contribution in [3.8, 4) is 0 Å². The zero-order valence-electron chi connectivity index (χ0n) is 12.6. The molecule has 118 valence electrons. The normalized spacial score (nSPS) is 24.5. The first-order valence-electron chi connectivity index (χ1n) is 7.21. The molecule has 0 unspecified atom stereocenters. The topological polar surface area (TPSA) is 81.5 Å². The standard InChI is InChI=1S/C16H20N2O4/c1-3-5-15(19)17-16(2)8-9-22-14(11-16)12-6-4-7-13(10-12)18(20)21/h3-4,6-7,10,14H,1,5,8-9,11H2,2H3,(H,17,19)/t14-,16-/m1/s1. The second-order valence-corrected chi connectivity index (χ2v) is 5.77. The number of nitro benzene ring substituents is 1. The summed E-state index contributed by atoms with van der Waals surface area (Å²) in [5.74, 6) is -0.0720. The zero-order valence-corrected chi connectivity index (χ0v) is 12.6. The zero-order chi connectivity index (χ0) is 16.2. The van der Waals surface area contributed by atoms with Crippen LogP contribution in [-0.2, 0) is 9.53 Å². The van der Waals surface area contributed by atoms with Gasteiger partial charge in [0.25, 0.3) is 5.69 Å². The van der Waals surface area contributed by atoms with E-state index in [4.69, 9.17) is 4.74 Å². The molecule has 0 saturated carbocycles. The summed E-state index contributed by atoms with van der Waals surface area (Å²) < 4.78 is 5.74. The molecule has 1 N–H and O–H groups in total. The van der Waals surface area contributed by atoms with E-state index in [1.165, 1.54) is 12.1 Å². The Morgan fingerprint density at radius 1 is 1.64 bits per heavy atom. The Balaban J connectivity index is 2.12. The van der Waals surface area contributed by atoms with E-state index in [0.717, 1.165) is 5.56 Å². The van der Waals surface area contributed by atoms with Gasteiger partial charge in [0.2, 0.25) is 5.91 Å². The summed E-state index contributed by atoms with van der Waals surface area (Å²) in [4.78, 5) is 22.3. The quantitative estimate of drug-likeness (QED) is 0.515. The number of ether oxygens (including phenoxy) is 1. The van der Waals surface area contributed by atoms with Crippen LogP contribution in [0.3, 0.4) is 0 Å². The van der Waals surface area contributed by atoms with E-state index in [2.05, 4.69) is 11.9 Å². The number of rotatable bonds is 5. The molecule has 1 amide bonds. The van der Waals surface area contributed by atoms with Crippen LogP contribution in [0.5, 0.6) is 0 Å². The predicted octanol–water partition coefficient (Wildman–Crippen LogP) is 2.90. The van der Waals surface area contributed by atoms with Gasteiger partial charge in [-0.1, -0.05) is 18.2 Å². The number of carbonyl (C=O) groups is 1. The molecule has 0 aliphatic carbocycles. The van der Waals surface area contributed by atoms with Crippen molar-refractivity contribution in [1.29, 1.82) is 0 Å². The second-order valence-electron chi connectivity index (χ2n) is 5.77. The minimum atomic E-state index is -0.419. The molecule has 1 aromatic rings. The van der Waals surface area contributed by atoms with Crippen molar-refractivity contribution >= 4 is 11.6 Å². The lowest BCUT2D eigenvalue weighted by Gasteiger charge is -2.39. The fraction of sp³-hybridized carbons (Fsp3) is 0.438. The fourth-order valence-corrected chi connectivity index (χ4v) is 2.68. The maximum Gasteiger partial charge on any atom is 0.269 e. The van der Waals surface area contributed by atoms with Crippen molar-refractivity contribution < 1.29 is 14.5 Å². The van der Waals surface area contributed by atoms with Gasteiger partial charge in [0.15, 0.2) is 0 Å². The van der Waals surface area contributed by atoms with Gasteiger partial charge in [0, 0.05) is 37.1 Å². The van der Waals surface area contributed by atoms with Crippen LogP contribution in [0, 0.1) is 10.1 Å².